The van der Waals surface area contributed by atoms with Crippen molar-refractivity contribution >= 4 is 11.6 Å². The standard InChI is InChI=1S/C16H15ClFN3O2/c17-13-6-16(11(7-19)4-14(13)18)23-15(5-12(20)9-22)10-2-1-3-21-8-10/h1-4,6,8,12,15,22H,5,9,20H2/t12-,15+/m0/s1. The van der Waals surface area contributed by atoms with E-state index in [1.807, 2.05) is 6.07 Å². The number of nitrogens with two attached hydrogens (primary N) is 1. The zero-order chi connectivity index (χ0) is 16.8. The summed E-state index contributed by atoms with van der Waals surface area (Å²) in [4.78, 5) is 4.02. The normalized spacial score (nSPS) is 13.2. The van der Waals surface area contributed by atoms with Gasteiger partial charge in [-0.25, -0.2) is 4.39 Å². The molecule has 0 bridgehead atoms. The van der Waals surface area contributed by atoms with Gasteiger partial charge in [0.1, 0.15) is 23.7 Å². The van der Waals surface area contributed by atoms with E-state index in [0.717, 1.165) is 11.6 Å². The van der Waals surface area contributed by atoms with Gasteiger partial charge in [0.2, 0.25) is 0 Å². The van der Waals surface area contributed by atoms with Gasteiger partial charge in [0, 0.05) is 36.5 Å². The zero-order valence-electron chi connectivity index (χ0n) is 12.1. The molecular weight excluding hydrogens is 321 g/mol. The van der Waals surface area contributed by atoms with Gasteiger partial charge in [-0.15, -0.1) is 0 Å². The Morgan fingerprint density at radius 2 is 2.26 bits per heavy atom. The van der Waals surface area contributed by atoms with Crippen LogP contribution in [0.25, 0.3) is 0 Å². The Morgan fingerprint density at radius 3 is 2.87 bits per heavy atom. The van der Waals surface area contributed by atoms with Crippen LogP contribution >= 0.6 is 11.6 Å². The third kappa shape index (κ3) is 4.39. The molecule has 2 aromatic rings. The molecule has 0 aliphatic rings. The molecule has 0 aliphatic carbocycles. The largest absolute Gasteiger partial charge is 0.484 e. The summed E-state index contributed by atoms with van der Waals surface area (Å²) in [5, 5.41) is 18.1. The number of benzene rings is 1. The van der Waals surface area contributed by atoms with E-state index in [9.17, 15) is 4.39 Å². The Bertz CT molecular complexity index is 706. The monoisotopic (exact) mass is 335 g/mol. The van der Waals surface area contributed by atoms with Gasteiger partial charge in [-0.3, -0.25) is 4.98 Å². The lowest BCUT2D eigenvalue weighted by atomic mass is 10.0. The molecule has 120 valence electrons. The molecule has 0 spiro atoms. The highest BCUT2D eigenvalue weighted by Gasteiger charge is 2.20. The number of aliphatic hydroxyl groups excluding tert-OH is 1. The van der Waals surface area contributed by atoms with Gasteiger partial charge in [-0.1, -0.05) is 17.7 Å². The Hall–Kier alpha value is -2.20. The first-order valence-corrected chi connectivity index (χ1v) is 7.25. The van der Waals surface area contributed by atoms with Crippen molar-refractivity contribution in [2.75, 3.05) is 6.61 Å². The molecule has 0 amide bonds. The van der Waals surface area contributed by atoms with Gasteiger partial charge in [-0.2, -0.15) is 5.26 Å². The third-order valence-electron chi connectivity index (χ3n) is 3.22. The van der Waals surface area contributed by atoms with Crippen molar-refractivity contribution in [3.8, 4) is 11.8 Å². The number of pyridine rings is 1. The summed E-state index contributed by atoms with van der Waals surface area (Å²) in [7, 11) is 0. The quantitative estimate of drug-likeness (QED) is 0.846. The summed E-state index contributed by atoms with van der Waals surface area (Å²) < 4.78 is 19.3. The van der Waals surface area contributed by atoms with Crippen LogP contribution in [0.3, 0.4) is 0 Å². The number of hydrogen-bond acceptors (Lipinski definition) is 5. The highest BCUT2D eigenvalue weighted by Crippen LogP contribution is 2.31. The fourth-order valence-corrected chi connectivity index (χ4v) is 2.19. The fraction of sp³-hybridized carbons (Fsp3) is 0.250. The SMILES string of the molecule is N#Cc1cc(F)c(Cl)cc1O[C@H](C[C@H](N)CO)c1cccnc1. The first-order chi connectivity index (χ1) is 11.0. The summed E-state index contributed by atoms with van der Waals surface area (Å²) in [5.41, 5.74) is 6.54. The van der Waals surface area contributed by atoms with E-state index in [1.54, 1.807) is 24.5 Å². The highest BCUT2D eigenvalue weighted by atomic mass is 35.5. The molecule has 1 aromatic carbocycles. The molecule has 2 rings (SSSR count). The second kappa shape index (κ2) is 7.88. The van der Waals surface area contributed by atoms with E-state index in [4.69, 9.17) is 32.4 Å². The van der Waals surface area contributed by atoms with Crippen molar-refractivity contribution < 1.29 is 14.2 Å². The number of nitriles is 1. The van der Waals surface area contributed by atoms with Crippen molar-refractivity contribution in [3.05, 3.63) is 58.6 Å². The van der Waals surface area contributed by atoms with Crippen LogP contribution < -0.4 is 10.5 Å². The van der Waals surface area contributed by atoms with Gasteiger partial charge in [0.05, 0.1) is 17.2 Å². The summed E-state index contributed by atoms with van der Waals surface area (Å²) >= 11 is 5.76. The molecule has 0 fully saturated rings. The predicted molar refractivity (Wildman–Crippen MR) is 83.4 cm³/mol. The fourth-order valence-electron chi connectivity index (χ4n) is 2.03. The van der Waals surface area contributed by atoms with Crippen LogP contribution in [-0.4, -0.2) is 22.7 Å². The lowest BCUT2D eigenvalue weighted by Gasteiger charge is -2.22. The lowest BCUT2D eigenvalue weighted by Crippen LogP contribution is -2.28. The second-order valence-corrected chi connectivity index (χ2v) is 5.35. The molecule has 1 heterocycles. The van der Waals surface area contributed by atoms with E-state index in [1.165, 1.54) is 6.07 Å². The maximum Gasteiger partial charge on any atom is 0.143 e. The summed E-state index contributed by atoms with van der Waals surface area (Å²) in [6.07, 6.45) is 2.95. The molecule has 0 aliphatic heterocycles. The van der Waals surface area contributed by atoms with Crippen LogP contribution in [0.1, 0.15) is 23.7 Å². The molecule has 0 radical (unpaired) electrons. The smallest absolute Gasteiger partial charge is 0.143 e. The average molecular weight is 336 g/mol. The molecule has 5 nitrogen and oxygen atoms in total. The van der Waals surface area contributed by atoms with Crippen LogP contribution in [-0.2, 0) is 0 Å². The molecule has 1 aromatic heterocycles. The molecule has 0 saturated heterocycles. The first kappa shape index (κ1) is 17.2. The maximum absolute atomic E-state index is 13.5. The molecule has 3 N–H and O–H groups in total. The van der Waals surface area contributed by atoms with Gasteiger partial charge in [0.15, 0.2) is 0 Å². The van der Waals surface area contributed by atoms with Gasteiger partial charge in [-0.05, 0) is 12.1 Å². The Labute approximate surface area is 138 Å². The summed E-state index contributed by atoms with van der Waals surface area (Å²) in [6.45, 7) is -0.213. The van der Waals surface area contributed by atoms with Crippen molar-refractivity contribution in [1.82, 2.24) is 4.98 Å². The average Bonchev–Trinajstić information content (AvgIpc) is 2.57. The minimum atomic E-state index is -0.694. The minimum absolute atomic E-state index is 0.0263. The van der Waals surface area contributed by atoms with Crippen LogP contribution in [0, 0.1) is 17.1 Å². The zero-order valence-corrected chi connectivity index (χ0v) is 12.9. The van der Waals surface area contributed by atoms with E-state index < -0.39 is 18.0 Å². The molecule has 2 atom stereocenters. The van der Waals surface area contributed by atoms with Crippen molar-refractivity contribution in [3.63, 3.8) is 0 Å². The van der Waals surface area contributed by atoms with Crippen molar-refractivity contribution in [2.45, 2.75) is 18.6 Å². The first-order valence-electron chi connectivity index (χ1n) is 6.87. The van der Waals surface area contributed by atoms with Crippen molar-refractivity contribution in [2.24, 2.45) is 5.73 Å². The Morgan fingerprint density at radius 1 is 1.48 bits per heavy atom. The number of ether oxygens (including phenoxy) is 1. The van der Waals surface area contributed by atoms with Crippen LogP contribution in [0.4, 0.5) is 4.39 Å². The Kier molecular flexibility index (Phi) is 5.88. The van der Waals surface area contributed by atoms with E-state index in [-0.39, 0.29) is 22.9 Å². The summed E-state index contributed by atoms with van der Waals surface area (Å²) in [5.74, 6) is -0.543. The molecule has 23 heavy (non-hydrogen) atoms. The number of halogens is 2. The van der Waals surface area contributed by atoms with Gasteiger partial charge in [0.25, 0.3) is 0 Å². The highest BCUT2D eigenvalue weighted by molar-refractivity contribution is 6.30. The molecule has 0 unspecified atom stereocenters. The van der Waals surface area contributed by atoms with Crippen LogP contribution in [0.5, 0.6) is 5.75 Å². The Balaban J connectivity index is 2.35. The van der Waals surface area contributed by atoms with Crippen LogP contribution in [0.2, 0.25) is 5.02 Å². The number of aromatic nitrogens is 1. The third-order valence-corrected chi connectivity index (χ3v) is 3.51. The van der Waals surface area contributed by atoms with Gasteiger partial charge < -0.3 is 15.6 Å². The number of nitrogens with zero attached hydrogens (tertiary/aromatic N) is 2. The molecule has 0 saturated carbocycles. The number of aliphatic hydroxyl groups is 1. The number of rotatable bonds is 6. The van der Waals surface area contributed by atoms with Crippen molar-refractivity contribution in [1.29, 1.82) is 5.26 Å². The molecule has 7 heteroatoms. The topological polar surface area (TPSA) is 92.2 Å². The molecular formula is C16H15ClFN3O2. The summed E-state index contributed by atoms with van der Waals surface area (Å²) in [6, 6.07) is 7.15. The second-order valence-electron chi connectivity index (χ2n) is 4.95. The van der Waals surface area contributed by atoms with E-state index in [0.29, 0.717) is 6.42 Å². The van der Waals surface area contributed by atoms with E-state index >= 15 is 0 Å². The van der Waals surface area contributed by atoms with E-state index in [2.05, 4.69) is 4.98 Å². The minimum Gasteiger partial charge on any atom is -0.484 e. The lowest BCUT2D eigenvalue weighted by molar-refractivity contribution is 0.161. The van der Waals surface area contributed by atoms with Crippen LogP contribution in [0.15, 0.2) is 36.7 Å². The predicted octanol–water partition coefficient (Wildman–Crippen LogP) is 2.58. The van der Waals surface area contributed by atoms with Gasteiger partial charge >= 0.3 is 0 Å². The number of hydrogen-bond donors (Lipinski definition) is 2. The maximum atomic E-state index is 13.5.